The molecule has 0 bridgehead atoms. The Labute approximate surface area is 168 Å². The lowest BCUT2D eigenvalue weighted by molar-refractivity contribution is -0.121. The maximum atomic E-state index is 13.7. The van der Waals surface area contributed by atoms with Crippen molar-refractivity contribution in [1.29, 1.82) is 0 Å². The fraction of sp³-hybridized carbons (Fsp3) is 0.450. The molecular formula is C20H25FN4O2S. The number of hydrogen-bond donors (Lipinski definition) is 2. The Morgan fingerprint density at radius 3 is 2.61 bits per heavy atom. The van der Waals surface area contributed by atoms with Crippen molar-refractivity contribution in [3.63, 3.8) is 0 Å². The van der Waals surface area contributed by atoms with Crippen molar-refractivity contribution < 1.29 is 14.0 Å². The smallest absolute Gasteiger partial charge is 0.263 e. The number of aryl methyl sites for hydroxylation is 2. The van der Waals surface area contributed by atoms with Gasteiger partial charge in [-0.25, -0.2) is 9.37 Å². The van der Waals surface area contributed by atoms with Crippen molar-refractivity contribution in [2.24, 2.45) is 0 Å². The van der Waals surface area contributed by atoms with Crippen LogP contribution in [0.25, 0.3) is 0 Å². The van der Waals surface area contributed by atoms with Gasteiger partial charge < -0.3 is 10.6 Å². The topological polar surface area (TPSA) is 74.3 Å². The summed E-state index contributed by atoms with van der Waals surface area (Å²) in [6, 6.07) is 4.45. The van der Waals surface area contributed by atoms with E-state index in [2.05, 4.69) is 20.5 Å². The lowest BCUT2D eigenvalue weighted by Crippen LogP contribution is -2.50. The molecule has 150 valence electrons. The molecule has 0 radical (unpaired) electrons. The van der Waals surface area contributed by atoms with Crippen LogP contribution < -0.4 is 10.6 Å². The summed E-state index contributed by atoms with van der Waals surface area (Å²) in [7, 11) is 0. The summed E-state index contributed by atoms with van der Waals surface area (Å²) < 4.78 is 13.7. The van der Waals surface area contributed by atoms with Gasteiger partial charge in [-0.15, -0.1) is 11.3 Å². The van der Waals surface area contributed by atoms with Crippen molar-refractivity contribution in [3.8, 4) is 0 Å². The molecule has 8 heteroatoms. The number of amides is 2. The summed E-state index contributed by atoms with van der Waals surface area (Å²) in [4.78, 5) is 31.7. The predicted octanol–water partition coefficient (Wildman–Crippen LogP) is 3.12. The van der Waals surface area contributed by atoms with Crippen LogP contribution in [0.3, 0.4) is 0 Å². The number of carbonyl (C=O) groups is 2. The summed E-state index contributed by atoms with van der Waals surface area (Å²) in [5.74, 6) is -0.574. The fourth-order valence-electron chi connectivity index (χ4n) is 3.29. The highest BCUT2D eigenvalue weighted by molar-refractivity contribution is 7.11. The number of halogens is 1. The third-order valence-corrected chi connectivity index (χ3v) is 6.11. The number of nitrogens with zero attached hydrogens (tertiary/aromatic N) is 2. The van der Waals surface area contributed by atoms with Gasteiger partial charge in [-0.2, -0.15) is 0 Å². The van der Waals surface area contributed by atoms with E-state index in [1.807, 2.05) is 13.8 Å². The van der Waals surface area contributed by atoms with E-state index < -0.39 is 0 Å². The third-order valence-electron chi connectivity index (χ3n) is 5.18. The number of piperidine rings is 1. The van der Waals surface area contributed by atoms with Gasteiger partial charge in [0.2, 0.25) is 5.91 Å². The van der Waals surface area contributed by atoms with Crippen molar-refractivity contribution in [2.45, 2.75) is 45.7 Å². The van der Waals surface area contributed by atoms with E-state index in [-0.39, 0.29) is 29.7 Å². The van der Waals surface area contributed by atoms with Gasteiger partial charge >= 0.3 is 0 Å². The van der Waals surface area contributed by atoms with Crippen LogP contribution >= 0.6 is 11.3 Å². The van der Waals surface area contributed by atoms with Crippen LogP contribution in [0.5, 0.6) is 0 Å². The van der Waals surface area contributed by atoms with E-state index in [4.69, 9.17) is 0 Å². The quantitative estimate of drug-likeness (QED) is 0.803. The average Bonchev–Trinajstić information content (AvgIpc) is 3.11. The summed E-state index contributed by atoms with van der Waals surface area (Å²) in [6.45, 7) is 6.78. The van der Waals surface area contributed by atoms with Gasteiger partial charge in [-0.3, -0.25) is 14.5 Å². The molecule has 3 rings (SSSR count). The second-order valence-corrected chi connectivity index (χ2v) is 8.03. The number of hydrogen-bond acceptors (Lipinski definition) is 5. The molecule has 0 saturated carbocycles. The van der Waals surface area contributed by atoms with E-state index in [0.29, 0.717) is 29.2 Å². The maximum absolute atomic E-state index is 13.7. The fourth-order valence-corrected chi connectivity index (χ4v) is 3.99. The number of nitrogens with one attached hydrogen (secondary N) is 2. The highest BCUT2D eigenvalue weighted by Gasteiger charge is 2.28. The Morgan fingerprint density at radius 2 is 2.00 bits per heavy atom. The largest absolute Gasteiger partial charge is 0.348 e. The molecule has 1 saturated heterocycles. The molecule has 2 heterocycles. The summed E-state index contributed by atoms with van der Waals surface area (Å²) in [5, 5.41) is 5.84. The molecular weight excluding hydrogens is 379 g/mol. The van der Waals surface area contributed by atoms with Crippen molar-refractivity contribution in [2.75, 3.05) is 18.4 Å². The van der Waals surface area contributed by atoms with Gasteiger partial charge in [-0.1, -0.05) is 6.07 Å². The van der Waals surface area contributed by atoms with Crippen molar-refractivity contribution in [3.05, 3.63) is 45.7 Å². The lowest BCUT2D eigenvalue weighted by Gasteiger charge is -2.35. The van der Waals surface area contributed by atoms with Gasteiger partial charge in [0.15, 0.2) is 0 Å². The molecule has 0 aliphatic carbocycles. The SMILES string of the molecule is Cc1ccc(NC(=O)C(C)N2CCC(NC(=O)c3scnc3C)CC2)cc1F. The number of anilines is 1. The lowest BCUT2D eigenvalue weighted by atomic mass is 10.0. The molecule has 0 spiro atoms. The zero-order valence-electron chi connectivity index (χ0n) is 16.3. The summed E-state index contributed by atoms with van der Waals surface area (Å²) >= 11 is 1.35. The Hall–Kier alpha value is -2.32. The Kier molecular flexibility index (Phi) is 6.41. The van der Waals surface area contributed by atoms with Gasteiger partial charge in [0.05, 0.1) is 17.2 Å². The number of likely N-dealkylation sites (tertiary alicyclic amines) is 1. The molecule has 1 fully saturated rings. The molecule has 2 N–H and O–H groups in total. The number of aromatic nitrogens is 1. The normalized spacial score (nSPS) is 16.6. The standard InChI is InChI=1S/C20H25FN4O2S/c1-12-4-5-16(10-17(12)21)24-19(26)14(3)25-8-6-15(7-9-25)23-20(27)18-13(2)22-11-28-18/h4-5,10-11,14-15H,6-9H2,1-3H3,(H,23,27)(H,24,26). The molecule has 6 nitrogen and oxygen atoms in total. The Morgan fingerprint density at radius 1 is 1.29 bits per heavy atom. The first-order valence-electron chi connectivity index (χ1n) is 9.37. The third kappa shape index (κ3) is 4.74. The monoisotopic (exact) mass is 404 g/mol. The first kappa shape index (κ1) is 20.4. The average molecular weight is 405 g/mol. The zero-order valence-corrected chi connectivity index (χ0v) is 17.1. The first-order valence-corrected chi connectivity index (χ1v) is 10.2. The molecule has 1 aliphatic rings. The van der Waals surface area contributed by atoms with Crippen LogP contribution in [-0.2, 0) is 4.79 Å². The van der Waals surface area contributed by atoms with E-state index in [9.17, 15) is 14.0 Å². The molecule has 1 unspecified atom stereocenters. The van der Waals surface area contributed by atoms with E-state index in [0.717, 1.165) is 18.5 Å². The van der Waals surface area contributed by atoms with Crippen LogP contribution in [-0.4, -0.2) is 46.9 Å². The molecule has 28 heavy (non-hydrogen) atoms. The van der Waals surface area contributed by atoms with Crippen LogP contribution in [0.15, 0.2) is 23.7 Å². The van der Waals surface area contributed by atoms with E-state index >= 15 is 0 Å². The molecule has 1 aromatic heterocycles. The molecule has 2 aromatic rings. The Bertz CT molecular complexity index is 862. The second kappa shape index (κ2) is 8.79. The van der Waals surface area contributed by atoms with Crippen molar-refractivity contribution in [1.82, 2.24) is 15.2 Å². The van der Waals surface area contributed by atoms with Crippen LogP contribution in [0, 0.1) is 19.7 Å². The maximum Gasteiger partial charge on any atom is 0.263 e. The van der Waals surface area contributed by atoms with Gasteiger partial charge in [0.25, 0.3) is 5.91 Å². The molecule has 1 atom stereocenters. The summed E-state index contributed by atoms with van der Waals surface area (Å²) in [5.41, 5.74) is 3.43. The highest BCUT2D eigenvalue weighted by atomic mass is 32.1. The van der Waals surface area contributed by atoms with Crippen LogP contribution in [0.1, 0.15) is 40.7 Å². The number of carbonyl (C=O) groups excluding carboxylic acids is 2. The van der Waals surface area contributed by atoms with Crippen LogP contribution in [0.4, 0.5) is 10.1 Å². The van der Waals surface area contributed by atoms with Crippen molar-refractivity contribution >= 4 is 28.8 Å². The van der Waals surface area contributed by atoms with E-state index in [1.54, 1.807) is 24.6 Å². The zero-order chi connectivity index (χ0) is 20.3. The minimum atomic E-state index is -0.335. The predicted molar refractivity (Wildman–Crippen MR) is 108 cm³/mol. The first-order chi connectivity index (χ1) is 13.3. The Balaban J connectivity index is 1.49. The number of rotatable bonds is 5. The molecule has 1 aromatic carbocycles. The number of thiazole rings is 1. The number of benzene rings is 1. The molecule has 1 aliphatic heterocycles. The van der Waals surface area contributed by atoms with Gasteiger partial charge in [-0.05, 0) is 51.3 Å². The van der Waals surface area contributed by atoms with Gasteiger partial charge in [0.1, 0.15) is 10.7 Å². The minimum Gasteiger partial charge on any atom is -0.348 e. The highest BCUT2D eigenvalue weighted by Crippen LogP contribution is 2.18. The second-order valence-electron chi connectivity index (χ2n) is 7.18. The van der Waals surface area contributed by atoms with Gasteiger partial charge in [0, 0.05) is 24.8 Å². The van der Waals surface area contributed by atoms with Crippen LogP contribution in [0.2, 0.25) is 0 Å². The summed E-state index contributed by atoms with van der Waals surface area (Å²) in [6.07, 6.45) is 1.56. The molecule has 2 amide bonds. The minimum absolute atomic E-state index is 0.0781. The van der Waals surface area contributed by atoms with E-state index in [1.165, 1.54) is 17.4 Å².